The molecule has 3 nitrogen and oxygen atoms in total. The van der Waals surface area contributed by atoms with Crippen molar-refractivity contribution in [2.45, 2.75) is 12.3 Å². The van der Waals surface area contributed by atoms with Gasteiger partial charge in [-0.2, -0.15) is 0 Å². The monoisotopic (exact) mass is 225 g/mol. The first-order chi connectivity index (χ1) is 7.34. The van der Waals surface area contributed by atoms with Crippen molar-refractivity contribution in [1.82, 2.24) is 5.32 Å². The fraction of sp³-hybridized carbons (Fsp3) is 0.455. The summed E-state index contributed by atoms with van der Waals surface area (Å²) in [6, 6.07) is 3.87. The van der Waals surface area contributed by atoms with E-state index >= 15 is 0 Å². The Morgan fingerprint density at radius 3 is 2.80 bits per heavy atom. The van der Waals surface area contributed by atoms with E-state index in [9.17, 15) is 0 Å². The predicted molar refractivity (Wildman–Crippen MR) is 57.8 cm³/mol. The van der Waals surface area contributed by atoms with E-state index in [4.69, 9.17) is 21.1 Å². The Morgan fingerprint density at radius 2 is 2.07 bits per heavy atom. The highest BCUT2D eigenvalue weighted by atomic mass is 35.5. The summed E-state index contributed by atoms with van der Waals surface area (Å²) in [5.41, 5.74) is 1.17. The summed E-state index contributed by atoms with van der Waals surface area (Å²) in [5.74, 6) is 2.09. The van der Waals surface area contributed by atoms with Crippen molar-refractivity contribution in [3.05, 3.63) is 22.7 Å². The maximum absolute atomic E-state index is 6.22. The van der Waals surface area contributed by atoms with Gasteiger partial charge < -0.3 is 14.8 Å². The number of fused-ring (bicyclic) bond motifs is 1. The summed E-state index contributed by atoms with van der Waals surface area (Å²) < 4.78 is 10.6. The molecule has 0 spiro atoms. The summed E-state index contributed by atoms with van der Waals surface area (Å²) in [7, 11) is 0. The second-order valence-electron chi connectivity index (χ2n) is 3.92. The summed E-state index contributed by atoms with van der Waals surface area (Å²) in [6.07, 6.45) is 1.14. The smallest absolute Gasteiger partial charge is 0.231 e. The van der Waals surface area contributed by atoms with Crippen LogP contribution in [0, 0.1) is 0 Å². The third-order valence-corrected chi connectivity index (χ3v) is 3.32. The number of benzene rings is 1. The predicted octanol–water partition coefficient (Wildman–Crippen LogP) is 2.15. The molecule has 1 atom stereocenters. The van der Waals surface area contributed by atoms with Crippen LogP contribution in [0.5, 0.6) is 11.5 Å². The first-order valence-electron chi connectivity index (χ1n) is 5.14. The zero-order valence-corrected chi connectivity index (χ0v) is 9.01. The average Bonchev–Trinajstić information content (AvgIpc) is 2.85. The molecule has 0 aromatic heterocycles. The SMILES string of the molecule is Clc1cc2c(cc1C1CCNC1)OCO2. The van der Waals surface area contributed by atoms with Crippen LogP contribution in [0.3, 0.4) is 0 Å². The third-order valence-electron chi connectivity index (χ3n) is 2.99. The molecular weight excluding hydrogens is 214 g/mol. The summed E-state index contributed by atoms with van der Waals surface area (Å²) in [4.78, 5) is 0. The van der Waals surface area contributed by atoms with Crippen molar-refractivity contribution in [2.24, 2.45) is 0 Å². The molecule has 4 heteroatoms. The lowest BCUT2D eigenvalue weighted by atomic mass is 9.98. The molecule has 1 unspecified atom stereocenters. The highest BCUT2D eigenvalue weighted by molar-refractivity contribution is 6.31. The minimum Gasteiger partial charge on any atom is -0.454 e. The minimum absolute atomic E-state index is 0.304. The Morgan fingerprint density at radius 1 is 1.27 bits per heavy atom. The van der Waals surface area contributed by atoms with Crippen molar-refractivity contribution in [2.75, 3.05) is 19.9 Å². The Balaban J connectivity index is 2.00. The molecule has 15 heavy (non-hydrogen) atoms. The van der Waals surface area contributed by atoms with Gasteiger partial charge in [0.2, 0.25) is 6.79 Å². The van der Waals surface area contributed by atoms with Crippen LogP contribution >= 0.6 is 11.6 Å². The summed E-state index contributed by atoms with van der Waals surface area (Å²) in [6.45, 7) is 2.37. The van der Waals surface area contributed by atoms with Gasteiger partial charge in [0.15, 0.2) is 11.5 Å². The lowest BCUT2D eigenvalue weighted by molar-refractivity contribution is 0.174. The fourth-order valence-corrected chi connectivity index (χ4v) is 2.47. The van der Waals surface area contributed by atoms with Gasteiger partial charge in [-0.05, 0) is 30.5 Å². The molecule has 0 saturated carbocycles. The quantitative estimate of drug-likeness (QED) is 0.795. The van der Waals surface area contributed by atoms with Gasteiger partial charge in [-0.3, -0.25) is 0 Å². The molecule has 1 saturated heterocycles. The van der Waals surface area contributed by atoms with Crippen LogP contribution in [0.15, 0.2) is 12.1 Å². The summed E-state index contributed by atoms with van der Waals surface area (Å²) >= 11 is 6.22. The molecule has 1 aromatic rings. The molecule has 80 valence electrons. The van der Waals surface area contributed by atoms with Crippen LogP contribution in [-0.4, -0.2) is 19.9 Å². The number of halogens is 1. The molecule has 2 aliphatic rings. The van der Waals surface area contributed by atoms with E-state index in [2.05, 4.69) is 5.32 Å². The maximum atomic E-state index is 6.22. The Hall–Kier alpha value is -0.930. The second-order valence-corrected chi connectivity index (χ2v) is 4.32. The lowest BCUT2D eigenvalue weighted by Crippen LogP contribution is -2.08. The van der Waals surface area contributed by atoms with Crippen LogP contribution in [0.2, 0.25) is 5.02 Å². The second kappa shape index (κ2) is 3.58. The number of rotatable bonds is 1. The van der Waals surface area contributed by atoms with Gasteiger partial charge in [-0.25, -0.2) is 0 Å². The van der Waals surface area contributed by atoms with Crippen molar-refractivity contribution in [3.8, 4) is 11.5 Å². The van der Waals surface area contributed by atoms with Crippen LogP contribution in [0.4, 0.5) is 0 Å². The maximum Gasteiger partial charge on any atom is 0.231 e. The minimum atomic E-state index is 0.304. The van der Waals surface area contributed by atoms with E-state index in [0.29, 0.717) is 12.7 Å². The zero-order valence-electron chi connectivity index (χ0n) is 8.25. The Kier molecular flexibility index (Phi) is 2.22. The standard InChI is InChI=1S/C11H12ClNO2/c12-9-4-11-10(14-6-15-11)3-8(9)7-1-2-13-5-7/h3-4,7,13H,1-2,5-6H2. The zero-order chi connectivity index (χ0) is 10.3. The first-order valence-corrected chi connectivity index (χ1v) is 5.52. The molecule has 1 N–H and O–H groups in total. The molecule has 1 fully saturated rings. The van der Waals surface area contributed by atoms with Crippen molar-refractivity contribution >= 4 is 11.6 Å². The number of hydrogen-bond donors (Lipinski definition) is 1. The molecular formula is C11H12ClNO2. The molecule has 3 rings (SSSR count). The van der Waals surface area contributed by atoms with Gasteiger partial charge in [-0.1, -0.05) is 11.6 Å². The van der Waals surface area contributed by atoms with Gasteiger partial charge in [-0.15, -0.1) is 0 Å². The highest BCUT2D eigenvalue weighted by Crippen LogP contribution is 2.40. The molecule has 0 aliphatic carbocycles. The van der Waals surface area contributed by atoms with E-state index in [0.717, 1.165) is 36.0 Å². The van der Waals surface area contributed by atoms with Crippen LogP contribution in [0.25, 0.3) is 0 Å². The normalized spacial score (nSPS) is 23.4. The van der Waals surface area contributed by atoms with Crippen LogP contribution in [-0.2, 0) is 0 Å². The van der Waals surface area contributed by atoms with Crippen molar-refractivity contribution in [1.29, 1.82) is 0 Å². The Bertz CT molecular complexity index is 388. The van der Waals surface area contributed by atoms with Gasteiger partial charge in [0.1, 0.15) is 0 Å². The van der Waals surface area contributed by atoms with E-state index in [1.807, 2.05) is 12.1 Å². The summed E-state index contributed by atoms with van der Waals surface area (Å²) in [5, 5.41) is 4.12. The first kappa shape index (κ1) is 9.31. The largest absolute Gasteiger partial charge is 0.454 e. The molecule has 2 heterocycles. The molecule has 0 bridgehead atoms. The van der Waals surface area contributed by atoms with Crippen molar-refractivity contribution in [3.63, 3.8) is 0 Å². The van der Waals surface area contributed by atoms with Gasteiger partial charge >= 0.3 is 0 Å². The number of ether oxygens (including phenoxy) is 2. The fourth-order valence-electron chi connectivity index (χ4n) is 2.17. The molecule has 2 aliphatic heterocycles. The van der Waals surface area contributed by atoms with E-state index < -0.39 is 0 Å². The average molecular weight is 226 g/mol. The van der Waals surface area contributed by atoms with E-state index in [-0.39, 0.29) is 0 Å². The molecule has 0 radical (unpaired) electrons. The van der Waals surface area contributed by atoms with Crippen LogP contribution in [0.1, 0.15) is 17.9 Å². The molecule has 0 amide bonds. The van der Waals surface area contributed by atoms with Gasteiger partial charge in [0.05, 0.1) is 0 Å². The lowest BCUT2D eigenvalue weighted by Gasteiger charge is -2.11. The third kappa shape index (κ3) is 1.56. The number of hydrogen-bond acceptors (Lipinski definition) is 3. The topological polar surface area (TPSA) is 30.5 Å². The van der Waals surface area contributed by atoms with Gasteiger partial charge in [0, 0.05) is 17.6 Å². The van der Waals surface area contributed by atoms with Crippen molar-refractivity contribution < 1.29 is 9.47 Å². The number of nitrogens with one attached hydrogen (secondary N) is 1. The highest BCUT2D eigenvalue weighted by Gasteiger charge is 2.23. The van der Waals surface area contributed by atoms with Gasteiger partial charge in [0.25, 0.3) is 0 Å². The molecule has 1 aromatic carbocycles. The van der Waals surface area contributed by atoms with Crippen LogP contribution < -0.4 is 14.8 Å². The van der Waals surface area contributed by atoms with E-state index in [1.54, 1.807) is 0 Å². The van der Waals surface area contributed by atoms with E-state index in [1.165, 1.54) is 5.56 Å². The Labute approximate surface area is 93.3 Å².